The number of halogens is 5. The third kappa shape index (κ3) is 2.34. The van der Waals surface area contributed by atoms with Crippen molar-refractivity contribution in [3.63, 3.8) is 0 Å². The van der Waals surface area contributed by atoms with Crippen molar-refractivity contribution >= 4 is 5.69 Å². The monoisotopic (exact) mass is 319 g/mol. The van der Waals surface area contributed by atoms with E-state index < -0.39 is 50.8 Å². The summed E-state index contributed by atoms with van der Waals surface area (Å²) in [7, 11) is 1.21. The van der Waals surface area contributed by atoms with Crippen molar-refractivity contribution in [2.75, 3.05) is 7.11 Å². The summed E-state index contributed by atoms with van der Waals surface area (Å²) in [6.45, 7) is 0. The maximum absolute atomic E-state index is 14.0. The molecule has 0 atom stereocenters. The Kier molecular flexibility index (Phi) is 3.98. The summed E-state index contributed by atoms with van der Waals surface area (Å²) in [5.41, 5.74) is -4.08. The Morgan fingerprint density at radius 2 is 1.64 bits per heavy atom. The van der Waals surface area contributed by atoms with Gasteiger partial charge in [0.2, 0.25) is 17.5 Å². The zero-order valence-corrected chi connectivity index (χ0v) is 10.8. The van der Waals surface area contributed by atoms with Gasteiger partial charge >= 0.3 is 5.69 Å². The van der Waals surface area contributed by atoms with Crippen LogP contribution in [0.15, 0.2) is 18.2 Å². The fraction of sp³-hybridized carbons (Fsp3) is 0.0769. The molecule has 0 bridgehead atoms. The van der Waals surface area contributed by atoms with Crippen LogP contribution in [0.25, 0.3) is 11.1 Å². The highest BCUT2D eigenvalue weighted by atomic mass is 19.2. The van der Waals surface area contributed by atoms with E-state index in [0.29, 0.717) is 0 Å². The fourth-order valence-corrected chi connectivity index (χ4v) is 1.84. The van der Waals surface area contributed by atoms with Crippen molar-refractivity contribution in [2.24, 2.45) is 0 Å². The number of nitro groups is 1. The van der Waals surface area contributed by atoms with Crippen LogP contribution in [0.4, 0.5) is 27.6 Å². The molecule has 0 N–H and O–H groups in total. The van der Waals surface area contributed by atoms with Crippen LogP contribution in [0.2, 0.25) is 0 Å². The molecule has 0 heterocycles. The van der Waals surface area contributed by atoms with Gasteiger partial charge in [-0.15, -0.1) is 0 Å². The molecule has 2 aromatic rings. The van der Waals surface area contributed by atoms with Crippen LogP contribution in [0.5, 0.6) is 5.75 Å². The zero-order valence-electron chi connectivity index (χ0n) is 10.8. The van der Waals surface area contributed by atoms with Crippen molar-refractivity contribution in [2.45, 2.75) is 0 Å². The maximum atomic E-state index is 14.0. The van der Waals surface area contributed by atoms with E-state index in [1.807, 2.05) is 0 Å². The van der Waals surface area contributed by atoms with Crippen LogP contribution in [0.3, 0.4) is 0 Å². The van der Waals surface area contributed by atoms with Gasteiger partial charge < -0.3 is 4.74 Å². The van der Waals surface area contributed by atoms with Gasteiger partial charge in [-0.3, -0.25) is 10.1 Å². The lowest BCUT2D eigenvalue weighted by Crippen LogP contribution is -2.06. The van der Waals surface area contributed by atoms with E-state index in [1.165, 1.54) is 7.11 Å². The Morgan fingerprint density at radius 3 is 2.14 bits per heavy atom. The third-order valence-electron chi connectivity index (χ3n) is 2.87. The number of hydrogen-bond donors (Lipinski definition) is 0. The summed E-state index contributed by atoms with van der Waals surface area (Å²) in [5.74, 6) is -9.86. The molecule has 0 unspecified atom stereocenters. The standard InChI is InChI=1S/C13H6F5NO3/c1-22-5-2-3-6(7(14)4-5)8-9(15)11(17)12(18)13(10(8)16)19(20)21/h2-4H,1H3. The minimum atomic E-state index is -2.29. The highest BCUT2D eigenvalue weighted by Gasteiger charge is 2.34. The van der Waals surface area contributed by atoms with Gasteiger partial charge in [0.05, 0.1) is 17.6 Å². The van der Waals surface area contributed by atoms with Crippen molar-refractivity contribution in [1.29, 1.82) is 0 Å². The minimum Gasteiger partial charge on any atom is -0.497 e. The molecule has 0 radical (unpaired) electrons. The number of nitro benzene ring substituents is 1. The molecule has 0 aliphatic rings. The molecule has 116 valence electrons. The van der Waals surface area contributed by atoms with Gasteiger partial charge in [-0.2, -0.15) is 8.78 Å². The average Bonchev–Trinajstić information content (AvgIpc) is 2.46. The molecule has 0 fully saturated rings. The van der Waals surface area contributed by atoms with Crippen molar-refractivity contribution in [3.8, 4) is 16.9 Å². The first-order chi connectivity index (χ1) is 10.3. The van der Waals surface area contributed by atoms with Crippen LogP contribution in [-0.2, 0) is 0 Å². The lowest BCUT2D eigenvalue weighted by Gasteiger charge is -2.10. The molecule has 0 spiro atoms. The minimum absolute atomic E-state index is 0.000787. The topological polar surface area (TPSA) is 52.4 Å². The summed E-state index contributed by atoms with van der Waals surface area (Å²) in [6, 6.07) is 2.67. The maximum Gasteiger partial charge on any atom is 0.344 e. The van der Waals surface area contributed by atoms with Crippen molar-refractivity contribution in [3.05, 3.63) is 57.4 Å². The van der Waals surface area contributed by atoms with Gasteiger partial charge in [0, 0.05) is 11.6 Å². The first kappa shape index (κ1) is 15.7. The largest absolute Gasteiger partial charge is 0.497 e. The van der Waals surface area contributed by atoms with E-state index in [4.69, 9.17) is 0 Å². The molecular weight excluding hydrogens is 313 g/mol. The van der Waals surface area contributed by atoms with E-state index in [2.05, 4.69) is 4.74 Å². The number of hydrogen-bond acceptors (Lipinski definition) is 3. The SMILES string of the molecule is COc1ccc(-c2c(F)c(F)c(F)c([N+](=O)[O-])c2F)c(F)c1. The van der Waals surface area contributed by atoms with Crippen molar-refractivity contribution < 1.29 is 31.6 Å². The summed E-state index contributed by atoms with van der Waals surface area (Å²) < 4.78 is 72.9. The highest BCUT2D eigenvalue weighted by molar-refractivity contribution is 5.69. The fourth-order valence-electron chi connectivity index (χ4n) is 1.84. The number of methoxy groups -OCH3 is 1. The van der Waals surface area contributed by atoms with Gasteiger partial charge in [0.15, 0.2) is 5.82 Å². The molecule has 22 heavy (non-hydrogen) atoms. The van der Waals surface area contributed by atoms with E-state index in [0.717, 1.165) is 18.2 Å². The summed E-state index contributed by atoms with van der Waals surface area (Å²) in [4.78, 5) is 9.04. The van der Waals surface area contributed by atoms with E-state index in [-0.39, 0.29) is 5.75 Å². The normalized spacial score (nSPS) is 10.6. The van der Waals surface area contributed by atoms with Crippen LogP contribution in [0.1, 0.15) is 0 Å². The average molecular weight is 319 g/mol. The predicted molar refractivity (Wildman–Crippen MR) is 64.9 cm³/mol. The van der Waals surface area contributed by atoms with Gasteiger partial charge in [0.1, 0.15) is 11.6 Å². The summed E-state index contributed by atoms with van der Waals surface area (Å²) in [5, 5.41) is 10.6. The molecule has 0 aromatic heterocycles. The molecule has 2 aromatic carbocycles. The predicted octanol–water partition coefficient (Wildman–Crippen LogP) is 3.97. The molecule has 2 rings (SSSR count). The second-order valence-electron chi connectivity index (χ2n) is 4.08. The van der Waals surface area contributed by atoms with Crippen LogP contribution in [0, 0.1) is 39.2 Å². The molecule has 0 aliphatic carbocycles. The van der Waals surface area contributed by atoms with Crippen LogP contribution in [-0.4, -0.2) is 12.0 Å². The Hall–Kier alpha value is -2.71. The summed E-state index contributed by atoms with van der Waals surface area (Å²) in [6.07, 6.45) is 0. The quantitative estimate of drug-likeness (QED) is 0.283. The van der Waals surface area contributed by atoms with Crippen LogP contribution >= 0.6 is 0 Å². The lowest BCUT2D eigenvalue weighted by molar-refractivity contribution is -0.390. The summed E-state index contributed by atoms with van der Waals surface area (Å²) >= 11 is 0. The number of rotatable bonds is 3. The third-order valence-corrected chi connectivity index (χ3v) is 2.87. The van der Waals surface area contributed by atoms with E-state index >= 15 is 0 Å². The van der Waals surface area contributed by atoms with Crippen LogP contribution < -0.4 is 4.74 Å². The van der Waals surface area contributed by atoms with E-state index in [9.17, 15) is 32.1 Å². The Labute approximate surface area is 119 Å². The molecular formula is C13H6F5NO3. The molecule has 0 saturated carbocycles. The molecule has 0 amide bonds. The second-order valence-corrected chi connectivity index (χ2v) is 4.08. The van der Waals surface area contributed by atoms with E-state index in [1.54, 1.807) is 0 Å². The first-order valence-electron chi connectivity index (χ1n) is 5.63. The highest BCUT2D eigenvalue weighted by Crippen LogP contribution is 2.37. The Morgan fingerprint density at radius 1 is 1.00 bits per heavy atom. The molecule has 0 saturated heterocycles. The number of ether oxygens (including phenoxy) is 1. The Bertz CT molecular complexity index is 779. The first-order valence-corrected chi connectivity index (χ1v) is 5.63. The van der Waals surface area contributed by atoms with Gasteiger partial charge in [0.25, 0.3) is 0 Å². The van der Waals surface area contributed by atoms with Gasteiger partial charge in [-0.1, -0.05) is 0 Å². The Balaban J connectivity index is 2.84. The number of nitrogens with zero attached hydrogens (tertiary/aromatic N) is 1. The molecule has 4 nitrogen and oxygen atoms in total. The van der Waals surface area contributed by atoms with Gasteiger partial charge in [-0.25, -0.2) is 13.2 Å². The molecule has 9 heteroatoms. The molecule has 0 aliphatic heterocycles. The number of benzene rings is 2. The van der Waals surface area contributed by atoms with Gasteiger partial charge in [-0.05, 0) is 12.1 Å². The smallest absolute Gasteiger partial charge is 0.344 e. The lowest BCUT2D eigenvalue weighted by atomic mass is 10.0. The van der Waals surface area contributed by atoms with Crippen molar-refractivity contribution in [1.82, 2.24) is 0 Å². The zero-order chi connectivity index (χ0) is 16.6. The second kappa shape index (κ2) is 5.58.